The van der Waals surface area contributed by atoms with Crippen molar-refractivity contribution in [2.75, 3.05) is 11.1 Å². The van der Waals surface area contributed by atoms with Crippen molar-refractivity contribution in [2.45, 2.75) is 32.0 Å². The van der Waals surface area contributed by atoms with Gasteiger partial charge in [0.05, 0.1) is 22.3 Å². The fourth-order valence-corrected chi connectivity index (χ4v) is 5.42. The van der Waals surface area contributed by atoms with Crippen LogP contribution in [0.1, 0.15) is 17.2 Å². The van der Waals surface area contributed by atoms with Gasteiger partial charge in [-0.3, -0.25) is 4.79 Å². The molecule has 0 aliphatic carbocycles. The smallest absolute Gasteiger partial charge is 0.234 e. The topological polar surface area (TPSA) is 90.0 Å². The molecule has 38 heavy (non-hydrogen) atoms. The number of carbonyl (C=O) groups is 1. The number of hydrogen-bond donors (Lipinski definition) is 1. The zero-order chi connectivity index (χ0) is 26.2. The molecule has 0 fully saturated rings. The van der Waals surface area contributed by atoms with Gasteiger partial charge in [0, 0.05) is 29.1 Å². The van der Waals surface area contributed by atoms with Gasteiger partial charge in [0.15, 0.2) is 16.6 Å². The second-order valence-corrected chi connectivity index (χ2v) is 10.4. The van der Waals surface area contributed by atoms with E-state index in [1.54, 1.807) is 16.6 Å². The third kappa shape index (κ3) is 4.70. The Morgan fingerprint density at radius 2 is 1.76 bits per heavy atom. The average Bonchev–Trinajstić information content (AvgIpc) is 3.48. The monoisotopic (exact) mass is 541 g/mol. The van der Waals surface area contributed by atoms with E-state index in [1.807, 2.05) is 62.4 Å². The quantitative estimate of drug-likeness (QED) is 0.201. The molecule has 3 aromatic heterocycles. The summed E-state index contributed by atoms with van der Waals surface area (Å²) in [6, 6.07) is 21.4. The fraction of sp³-hybridized carbons (Fsp3) is 0.179. The molecule has 0 spiro atoms. The summed E-state index contributed by atoms with van der Waals surface area (Å²) in [6.07, 6.45) is 0.635. The molecule has 0 aliphatic rings. The van der Waals surface area contributed by atoms with Crippen molar-refractivity contribution in [2.24, 2.45) is 0 Å². The molecule has 10 heteroatoms. The first-order valence-electron chi connectivity index (χ1n) is 12.2. The molecule has 8 nitrogen and oxygen atoms in total. The summed E-state index contributed by atoms with van der Waals surface area (Å²) in [5.41, 5.74) is 5.26. The van der Waals surface area contributed by atoms with Crippen molar-refractivity contribution in [1.29, 1.82) is 0 Å². The number of nitrogens with one attached hydrogen (secondary N) is 1. The van der Waals surface area contributed by atoms with Gasteiger partial charge in [-0.15, -0.1) is 5.10 Å². The number of aromatic nitrogens is 6. The van der Waals surface area contributed by atoms with E-state index in [2.05, 4.69) is 20.9 Å². The van der Waals surface area contributed by atoms with Crippen molar-refractivity contribution in [3.8, 4) is 0 Å². The maximum absolute atomic E-state index is 12.8. The molecule has 0 aliphatic heterocycles. The molecule has 0 saturated carbocycles. The van der Waals surface area contributed by atoms with Crippen molar-refractivity contribution in [3.63, 3.8) is 0 Å². The Bertz CT molecular complexity index is 1830. The molecule has 190 valence electrons. The number of nitrogens with zero attached hydrogens (tertiary/aromatic N) is 6. The standard InChI is InChI=1S/C28H24ClN7OS/c1-17-11-12-19(29)15-23(17)31-26(37)16-38-28-32-21-8-4-3-7-20(21)27-33-25(34-36(27)28)13-14-35-18(2)30-22-9-5-6-10-24(22)35/h3-12,15H,13-14,16H2,1-2H3,(H,31,37). The highest BCUT2D eigenvalue weighted by atomic mass is 35.5. The molecule has 6 aromatic rings. The van der Waals surface area contributed by atoms with E-state index in [9.17, 15) is 4.79 Å². The number of halogens is 1. The summed E-state index contributed by atoms with van der Waals surface area (Å²) in [6.45, 7) is 4.65. The van der Waals surface area contributed by atoms with Crippen molar-refractivity contribution >= 4 is 62.5 Å². The van der Waals surface area contributed by atoms with Gasteiger partial charge in [-0.2, -0.15) is 4.52 Å². The van der Waals surface area contributed by atoms with E-state index in [1.165, 1.54) is 11.8 Å². The van der Waals surface area contributed by atoms with Crippen LogP contribution in [0, 0.1) is 13.8 Å². The fourth-order valence-electron chi connectivity index (χ4n) is 4.51. The lowest BCUT2D eigenvalue weighted by atomic mass is 10.2. The van der Waals surface area contributed by atoms with E-state index in [-0.39, 0.29) is 11.7 Å². The molecule has 0 atom stereocenters. The van der Waals surface area contributed by atoms with Crippen LogP contribution in [0.2, 0.25) is 5.02 Å². The molecule has 0 bridgehead atoms. The first kappa shape index (κ1) is 24.4. The second-order valence-electron chi connectivity index (χ2n) is 9.02. The zero-order valence-electron chi connectivity index (χ0n) is 20.8. The molecule has 3 aromatic carbocycles. The second kappa shape index (κ2) is 10.1. The minimum atomic E-state index is -0.147. The summed E-state index contributed by atoms with van der Waals surface area (Å²) < 4.78 is 3.94. The number of rotatable bonds is 7. The average molecular weight is 542 g/mol. The maximum Gasteiger partial charge on any atom is 0.234 e. The molecule has 0 unspecified atom stereocenters. The molecule has 0 radical (unpaired) electrons. The number of amides is 1. The predicted octanol–water partition coefficient (Wildman–Crippen LogP) is 5.87. The van der Waals surface area contributed by atoms with Crippen LogP contribution in [0.25, 0.3) is 27.6 Å². The number of thioether (sulfide) groups is 1. The van der Waals surface area contributed by atoms with E-state index in [0.29, 0.717) is 34.7 Å². The van der Waals surface area contributed by atoms with Crippen LogP contribution in [0.4, 0.5) is 5.69 Å². The SMILES string of the molecule is Cc1ccc(Cl)cc1NC(=O)CSc1nc2ccccc2c2nc(CCn3c(C)nc4ccccc43)nn12. The van der Waals surface area contributed by atoms with E-state index in [0.717, 1.165) is 39.0 Å². The number of fused-ring (bicyclic) bond motifs is 4. The van der Waals surface area contributed by atoms with Crippen molar-refractivity contribution in [3.05, 3.63) is 89.0 Å². The van der Waals surface area contributed by atoms with Gasteiger partial charge in [0.1, 0.15) is 5.82 Å². The first-order valence-corrected chi connectivity index (χ1v) is 13.6. The highest BCUT2D eigenvalue weighted by Crippen LogP contribution is 2.25. The van der Waals surface area contributed by atoms with Gasteiger partial charge in [-0.05, 0) is 55.8 Å². The Balaban J connectivity index is 1.27. The Morgan fingerprint density at radius 3 is 2.63 bits per heavy atom. The predicted molar refractivity (Wildman–Crippen MR) is 152 cm³/mol. The molecule has 3 heterocycles. The molecular formula is C28H24ClN7OS. The van der Waals surface area contributed by atoms with Crippen LogP contribution in [-0.4, -0.2) is 40.8 Å². The summed E-state index contributed by atoms with van der Waals surface area (Å²) in [4.78, 5) is 27.1. The van der Waals surface area contributed by atoms with E-state index in [4.69, 9.17) is 26.7 Å². The summed E-state index contributed by atoms with van der Waals surface area (Å²) in [5.74, 6) is 1.69. The van der Waals surface area contributed by atoms with Crippen LogP contribution in [0.15, 0.2) is 71.9 Å². The lowest BCUT2D eigenvalue weighted by Gasteiger charge is -2.09. The van der Waals surface area contributed by atoms with E-state index < -0.39 is 0 Å². The van der Waals surface area contributed by atoms with Gasteiger partial charge in [-0.1, -0.05) is 53.7 Å². The lowest BCUT2D eigenvalue weighted by molar-refractivity contribution is -0.113. The Morgan fingerprint density at radius 1 is 0.974 bits per heavy atom. The van der Waals surface area contributed by atoms with Gasteiger partial charge >= 0.3 is 0 Å². The summed E-state index contributed by atoms with van der Waals surface area (Å²) >= 11 is 7.43. The number of imidazole rings is 1. The lowest BCUT2D eigenvalue weighted by Crippen LogP contribution is -2.15. The molecule has 1 N–H and O–H groups in total. The highest BCUT2D eigenvalue weighted by molar-refractivity contribution is 7.99. The van der Waals surface area contributed by atoms with Gasteiger partial charge in [-0.25, -0.2) is 15.0 Å². The highest BCUT2D eigenvalue weighted by Gasteiger charge is 2.16. The van der Waals surface area contributed by atoms with Crippen LogP contribution >= 0.6 is 23.4 Å². The third-order valence-corrected chi connectivity index (χ3v) is 7.57. The third-order valence-electron chi connectivity index (χ3n) is 6.40. The number of aryl methyl sites for hydroxylation is 4. The van der Waals surface area contributed by atoms with Crippen molar-refractivity contribution in [1.82, 2.24) is 29.1 Å². The Kier molecular flexibility index (Phi) is 6.47. The van der Waals surface area contributed by atoms with Gasteiger partial charge < -0.3 is 9.88 Å². The minimum absolute atomic E-state index is 0.147. The summed E-state index contributed by atoms with van der Waals surface area (Å²) in [7, 11) is 0. The number of para-hydroxylation sites is 3. The van der Waals surface area contributed by atoms with Crippen LogP contribution in [-0.2, 0) is 17.8 Å². The number of anilines is 1. The molecule has 0 saturated heterocycles. The van der Waals surface area contributed by atoms with Gasteiger partial charge in [0.2, 0.25) is 5.91 Å². The van der Waals surface area contributed by atoms with Crippen LogP contribution < -0.4 is 5.32 Å². The minimum Gasteiger partial charge on any atom is -0.328 e. The van der Waals surface area contributed by atoms with Crippen LogP contribution in [0.3, 0.4) is 0 Å². The number of hydrogen-bond acceptors (Lipinski definition) is 6. The first-order chi connectivity index (χ1) is 18.5. The Labute approximate surface area is 228 Å². The maximum atomic E-state index is 12.8. The van der Waals surface area contributed by atoms with Gasteiger partial charge in [0.25, 0.3) is 0 Å². The van der Waals surface area contributed by atoms with Crippen LogP contribution in [0.5, 0.6) is 0 Å². The molecule has 1 amide bonds. The normalized spacial score (nSPS) is 11.6. The number of carbonyl (C=O) groups excluding carboxylic acids is 1. The van der Waals surface area contributed by atoms with E-state index >= 15 is 0 Å². The zero-order valence-corrected chi connectivity index (χ0v) is 22.4. The molecular weight excluding hydrogens is 518 g/mol. The number of benzene rings is 3. The van der Waals surface area contributed by atoms with Crippen molar-refractivity contribution < 1.29 is 4.79 Å². The Hall–Kier alpha value is -3.95. The summed E-state index contributed by atoms with van der Waals surface area (Å²) in [5, 5.41) is 9.84. The molecule has 6 rings (SSSR count). The largest absolute Gasteiger partial charge is 0.328 e.